The summed E-state index contributed by atoms with van der Waals surface area (Å²) in [5.41, 5.74) is 0.318. The van der Waals surface area contributed by atoms with Crippen molar-refractivity contribution in [1.29, 1.82) is 0 Å². The van der Waals surface area contributed by atoms with Crippen LogP contribution in [0.15, 0.2) is 24.3 Å². The molecule has 1 amide bonds. The third kappa shape index (κ3) is 3.68. The first-order valence-electron chi connectivity index (χ1n) is 6.54. The van der Waals surface area contributed by atoms with Crippen molar-refractivity contribution >= 4 is 11.9 Å². The fraction of sp³-hybridized carbons (Fsp3) is 0.429. The Morgan fingerprint density at radius 1 is 1.38 bits per heavy atom. The zero-order valence-corrected chi connectivity index (χ0v) is 11.2. The smallest absolute Gasteiger partial charge is 0.387 e. The quantitative estimate of drug-likeness (QED) is 0.902. The topological polar surface area (TPSA) is 66.8 Å². The molecule has 1 fully saturated rings. The largest absolute Gasteiger partial charge is 0.480 e. The molecule has 0 spiro atoms. The highest BCUT2D eigenvalue weighted by Gasteiger charge is 2.34. The van der Waals surface area contributed by atoms with Crippen LogP contribution in [0.5, 0.6) is 5.75 Å². The first-order valence-corrected chi connectivity index (χ1v) is 6.54. The lowest BCUT2D eigenvalue weighted by molar-refractivity contribution is -0.148. The predicted octanol–water partition coefficient (Wildman–Crippen LogP) is 1.91. The first kappa shape index (κ1) is 15.2. The molecule has 1 aliphatic heterocycles. The van der Waals surface area contributed by atoms with E-state index >= 15 is 0 Å². The van der Waals surface area contributed by atoms with Gasteiger partial charge in [-0.2, -0.15) is 8.78 Å². The number of rotatable bonds is 5. The Labute approximate surface area is 120 Å². The second-order valence-electron chi connectivity index (χ2n) is 4.75. The van der Waals surface area contributed by atoms with Crippen molar-refractivity contribution in [3.63, 3.8) is 0 Å². The molecule has 0 bridgehead atoms. The van der Waals surface area contributed by atoms with Gasteiger partial charge in [-0.25, -0.2) is 4.79 Å². The Bertz CT molecular complexity index is 535. The number of carbonyl (C=O) groups is 2. The molecule has 0 saturated carbocycles. The molecule has 0 radical (unpaired) electrons. The molecule has 1 saturated heterocycles. The third-order valence-electron chi connectivity index (χ3n) is 3.39. The fourth-order valence-electron chi connectivity index (χ4n) is 2.45. The number of carboxylic acid groups (broad SMARTS) is 1. The summed E-state index contributed by atoms with van der Waals surface area (Å²) in [6.45, 7) is -2.60. The highest BCUT2D eigenvalue weighted by molar-refractivity contribution is 5.85. The number of aliphatic carboxylic acids is 1. The van der Waals surface area contributed by atoms with Gasteiger partial charge in [0, 0.05) is 12.1 Å². The normalized spacial score (nSPS) is 18.0. The van der Waals surface area contributed by atoms with Crippen LogP contribution in [0.1, 0.15) is 18.4 Å². The number of hydrogen-bond acceptors (Lipinski definition) is 3. The Balaban J connectivity index is 2.11. The molecule has 1 aromatic rings. The predicted molar refractivity (Wildman–Crippen MR) is 69.1 cm³/mol. The molecule has 7 heteroatoms. The minimum absolute atomic E-state index is 0.0630. The van der Waals surface area contributed by atoms with Crippen LogP contribution < -0.4 is 4.74 Å². The number of amides is 1. The monoisotopic (exact) mass is 299 g/mol. The zero-order valence-electron chi connectivity index (χ0n) is 11.2. The lowest BCUT2D eigenvalue weighted by Gasteiger charge is -2.22. The number of likely N-dealkylation sites (tertiary alicyclic amines) is 1. The average molecular weight is 299 g/mol. The highest BCUT2D eigenvalue weighted by atomic mass is 19.3. The third-order valence-corrected chi connectivity index (χ3v) is 3.39. The summed E-state index contributed by atoms with van der Waals surface area (Å²) in [7, 11) is 0. The number of alkyl halides is 2. The SMILES string of the molecule is O=C(O)[C@H]1CCCN1C(=O)Cc1ccccc1OC(F)F. The average Bonchev–Trinajstić information content (AvgIpc) is 2.90. The second-order valence-corrected chi connectivity index (χ2v) is 4.75. The molecule has 0 unspecified atom stereocenters. The van der Waals surface area contributed by atoms with Gasteiger partial charge in [0.2, 0.25) is 5.91 Å². The van der Waals surface area contributed by atoms with Gasteiger partial charge in [0.1, 0.15) is 11.8 Å². The van der Waals surface area contributed by atoms with Crippen LogP contribution in [-0.2, 0) is 16.0 Å². The van der Waals surface area contributed by atoms with E-state index in [0.717, 1.165) is 0 Å². The number of benzene rings is 1. The van der Waals surface area contributed by atoms with Gasteiger partial charge < -0.3 is 14.7 Å². The van der Waals surface area contributed by atoms with Crippen LogP contribution in [0.3, 0.4) is 0 Å². The molecule has 0 aliphatic carbocycles. The zero-order chi connectivity index (χ0) is 15.4. The van der Waals surface area contributed by atoms with Gasteiger partial charge in [-0.15, -0.1) is 0 Å². The summed E-state index contributed by atoms with van der Waals surface area (Å²) in [6.07, 6.45) is 0.876. The lowest BCUT2D eigenvalue weighted by Crippen LogP contribution is -2.41. The molecule has 1 atom stereocenters. The van der Waals surface area contributed by atoms with E-state index in [4.69, 9.17) is 5.11 Å². The molecule has 1 heterocycles. The number of para-hydroxylation sites is 1. The van der Waals surface area contributed by atoms with Crippen LogP contribution in [0.25, 0.3) is 0 Å². The van der Waals surface area contributed by atoms with E-state index in [-0.39, 0.29) is 12.2 Å². The molecule has 21 heavy (non-hydrogen) atoms. The van der Waals surface area contributed by atoms with Crippen molar-refractivity contribution in [3.8, 4) is 5.75 Å². The van der Waals surface area contributed by atoms with E-state index in [1.165, 1.54) is 23.1 Å². The van der Waals surface area contributed by atoms with E-state index < -0.39 is 24.5 Å². The number of nitrogens with zero attached hydrogens (tertiary/aromatic N) is 1. The summed E-state index contributed by atoms with van der Waals surface area (Å²) < 4.78 is 29.0. The van der Waals surface area contributed by atoms with Crippen molar-refractivity contribution in [2.75, 3.05) is 6.54 Å². The summed E-state index contributed by atoms with van der Waals surface area (Å²) >= 11 is 0. The van der Waals surface area contributed by atoms with Gasteiger partial charge in [-0.1, -0.05) is 18.2 Å². The molecular weight excluding hydrogens is 284 g/mol. The number of hydrogen-bond donors (Lipinski definition) is 1. The Morgan fingerprint density at radius 3 is 2.76 bits per heavy atom. The van der Waals surface area contributed by atoms with E-state index in [1.54, 1.807) is 6.07 Å². The highest BCUT2D eigenvalue weighted by Crippen LogP contribution is 2.24. The van der Waals surface area contributed by atoms with Crippen molar-refractivity contribution in [2.45, 2.75) is 31.9 Å². The molecule has 114 valence electrons. The van der Waals surface area contributed by atoms with Gasteiger partial charge in [-0.3, -0.25) is 4.79 Å². The fourth-order valence-corrected chi connectivity index (χ4v) is 2.45. The molecule has 1 aliphatic rings. The van der Waals surface area contributed by atoms with Gasteiger partial charge in [-0.05, 0) is 18.9 Å². The lowest BCUT2D eigenvalue weighted by atomic mass is 10.1. The standard InChI is InChI=1S/C14H15F2NO4/c15-14(16)21-11-6-2-1-4-9(11)8-12(18)17-7-3-5-10(17)13(19)20/h1-2,4,6,10,14H,3,5,7-8H2,(H,19,20)/t10-/m1/s1. The first-order chi connectivity index (χ1) is 9.99. The maximum atomic E-state index is 12.3. The van der Waals surface area contributed by atoms with E-state index in [9.17, 15) is 18.4 Å². The van der Waals surface area contributed by atoms with Crippen LogP contribution >= 0.6 is 0 Å². The molecule has 1 N–H and O–H groups in total. The maximum absolute atomic E-state index is 12.3. The Hall–Kier alpha value is -2.18. The molecule has 5 nitrogen and oxygen atoms in total. The van der Waals surface area contributed by atoms with Crippen molar-refractivity contribution in [1.82, 2.24) is 4.90 Å². The van der Waals surface area contributed by atoms with Crippen molar-refractivity contribution in [3.05, 3.63) is 29.8 Å². The van der Waals surface area contributed by atoms with Gasteiger partial charge >= 0.3 is 12.6 Å². The second kappa shape index (κ2) is 6.51. The van der Waals surface area contributed by atoms with Crippen LogP contribution in [0, 0.1) is 0 Å². The molecule has 1 aromatic carbocycles. The van der Waals surface area contributed by atoms with Gasteiger partial charge in [0.15, 0.2) is 0 Å². The Morgan fingerprint density at radius 2 is 2.10 bits per heavy atom. The number of halogens is 2. The summed E-state index contributed by atoms with van der Waals surface area (Å²) in [6, 6.07) is 5.18. The number of carboxylic acids is 1. The maximum Gasteiger partial charge on any atom is 0.387 e. The minimum Gasteiger partial charge on any atom is -0.480 e. The van der Waals surface area contributed by atoms with Crippen molar-refractivity contribution in [2.24, 2.45) is 0 Å². The Kier molecular flexibility index (Phi) is 4.72. The molecule has 2 rings (SSSR count). The van der Waals surface area contributed by atoms with Crippen LogP contribution in [0.2, 0.25) is 0 Å². The minimum atomic E-state index is -2.97. The summed E-state index contributed by atoms with van der Waals surface area (Å²) in [5, 5.41) is 9.05. The van der Waals surface area contributed by atoms with Gasteiger partial charge in [0.25, 0.3) is 0 Å². The van der Waals surface area contributed by atoms with E-state index in [0.29, 0.717) is 24.9 Å². The van der Waals surface area contributed by atoms with E-state index in [1.807, 2.05) is 0 Å². The van der Waals surface area contributed by atoms with Crippen molar-refractivity contribution < 1.29 is 28.2 Å². The molecule has 0 aromatic heterocycles. The summed E-state index contributed by atoms with van der Waals surface area (Å²) in [5.74, 6) is -1.50. The number of carbonyl (C=O) groups excluding carboxylic acids is 1. The van der Waals surface area contributed by atoms with Crippen LogP contribution in [-0.4, -0.2) is 41.1 Å². The summed E-state index contributed by atoms with van der Waals surface area (Å²) in [4.78, 5) is 24.5. The van der Waals surface area contributed by atoms with E-state index in [2.05, 4.69) is 4.74 Å². The number of ether oxygens (including phenoxy) is 1. The van der Waals surface area contributed by atoms with Gasteiger partial charge in [0.05, 0.1) is 6.42 Å². The molecular formula is C14H15F2NO4. The van der Waals surface area contributed by atoms with Crippen LogP contribution in [0.4, 0.5) is 8.78 Å².